The van der Waals surface area contributed by atoms with Crippen molar-refractivity contribution >= 4 is 39.1 Å². The molecule has 3 aromatic rings. The molecule has 4 rings (SSSR count). The normalized spacial score (nSPS) is 16.8. The number of carbonyl (C=O) groups excluding carboxylic acids is 2. The standard InChI is InChI=1S/C32H39ClN4O7S/c1-20(30(38)36(4)5)34-19-32(24-12-9-21(18-35(2)3)15-27(24)43-7)25-16-22(33)10-13-26(25)37(31(32)39)45(40,41)29-14-11-23(42-6)17-28(29)44-8/h9-17,20,34H,18-19H2,1-8H3/t20-,32?/m0/s1. The summed E-state index contributed by atoms with van der Waals surface area (Å²) in [5.41, 5.74) is 0.124. The van der Waals surface area contributed by atoms with Crippen LogP contribution in [0.2, 0.25) is 5.02 Å². The van der Waals surface area contributed by atoms with E-state index in [9.17, 15) is 13.2 Å². The second kappa shape index (κ2) is 13.3. The molecule has 45 heavy (non-hydrogen) atoms. The van der Waals surface area contributed by atoms with Crippen molar-refractivity contribution in [3.8, 4) is 17.2 Å². The lowest BCUT2D eigenvalue weighted by atomic mass is 9.74. The van der Waals surface area contributed by atoms with Gasteiger partial charge >= 0.3 is 0 Å². The monoisotopic (exact) mass is 658 g/mol. The summed E-state index contributed by atoms with van der Waals surface area (Å²) < 4.78 is 46.3. The highest BCUT2D eigenvalue weighted by atomic mass is 35.5. The lowest BCUT2D eigenvalue weighted by Crippen LogP contribution is -2.53. The van der Waals surface area contributed by atoms with Gasteiger partial charge in [0, 0.05) is 43.8 Å². The zero-order valence-corrected chi connectivity index (χ0v) is 28.2. The average Bonchev–Trinajstić information content (AvgIpc) is 3.26. The van der Waals surface area contributed by atoms with Crippen LogP contribution in [-0.2, 0) is 31.6 Å². The molecule has 11 nitrogen and oxygen atoms in total. The van der Waals surface area contributed by atoms with Crippen LogP contribution in [0.5, 0.6) is 17.2 Å². The van der Waals surface area contributed by atoms with E-state index in [2.05, 4.69) is 5.32 Å². The third-order valence-corrected chi connectivity index (χ3v) is 9.76. The van der Waals surface area contributed by atoms with Gasteiger partial charge < -0.3 is 29.3 Å². The summed E-state index contributed by atoms with van der Waals surface area (Å²) in [6.07, 6.45) is 0. The summed E-state index contributed by atoms with van der Waals surface area (Å²) >= 11 is 6.53. The van der Waals surface area contributed by atoms with E-state index in [4.69, 9.17) is 25.8 Å². The molecule has 1 aliphatic heterocycles. The van der Waals surface area contributed by atoms with Crippen molar-refractivity contribution in [1.82, 2.24) is 15.1 Å². The molecule has 13 heteroatoms. The second-order valence-electron chi connectivity index (χ2n) is 11.3. The van der Waals surface area contributed by atoms with E-state index in [-0.39, 0.29) is 28.8 Å². The fourth-order valence-electron chi connectivity index (χ4n) is 5.61. The zero-order chi connectivity index (χ0) is 33.3. The fourth-order valence-corrected chi connectivity index (χ4v) is 7.41. The maximum Gasteiger partial charge on any atom is 0.274 e. The number of sulfonamides is 1. The maximum atomic E-state index is 15.0. The first-order chi connectivity index (χ1) is 21.2. The zero-order valence-electron chi connectivity index (χ0n) is 26.7. The number of hydrogen-bond donors (Lipinski definition) is 1. The SMILES string of the molecule is COc1ccc(S(=O)(=O)N2C(=O)C(CN[C@@H](C)C(=O)N(C)C)(c3ccc(CN(C)C)cc3OC)c3cc(Cl)ccc32)c(OC)c1. The summed E-state index contributed by atoms with van der Waals surface area (Å²) in [4.78, 5) is 31.1. The largest absolute Gasteiger partial charge is 0.497 e. The summed E-state index contributed by atoms with van der Waals surface area (Å²) in [7, 11) is 6.86. The van der Waals surface area contributed by atoms with Gasteiger partial charge in [0.25, 0.3) is 15.9 Å². The molecule has 2 amide bonds. The Balaban J connectivity index is 2.01. The fraction of sp³-hybridized carbons (Fsp3) is 0.375. The third-order valence-electron chi connectivity index (χ3n) is 7.78. The van der Waals surface area contributed by atoms with Crippen LogP contribution >= 0.6 is 11.6 Å². The molecule has 0 spiro atoms. The molecule has 0 saturated carbocycles. The quantitative estimate of drug-likeness (QED) is 0.312. The summed E-state index contributed by atoms with van der Waals surface area (Å²) in [6, 6.07) is 13.6. The van der Waals surface area contributed by atoms with E-state index in [1.165, 1.54) is 56.6 Å². The van der Waals surface area contributed by atoms with E-state index < -0.39 is 27.4 Å². The lowest BCUT2D eigenvalue weighted by Gasteiger charge is -2.33. The van der Waals surface area contributed by atoms with Crippen molar-refractivity contribution < 1.29 is 32.2 Å². The molecule has 0 bridgehead atoms. The number of methoxy groups -OCH3 is 3. The van der Waals surface area contributed by atoms with Crippen molar-refractivity contribution in [2.24, 2.45) is 0 Å². The molecular weight excluding hydrogens is 620 g/mol. The number of rotatable bonds is 12. The van der Waals surface area contributed by atoms with E-state index in [0.717, 1.165) is 9.87 Å². The molecule has 0 fully saturated rings. The molecule has 0 aliphatic carbocycles. The van der Waals surface area contributed by atoms with Crippen LogP contribution in [0.15, 0.2) is 59.5 Å². The highest BCUT2D eigenvalue weighted by Gasteiger charge is 2.57. The van der Waals surface area contributed by atoms with Crippen LogP contribution in [0.25, 0.3) is 0 Å². The molecular formula is C32H39ClN4O7S. The first-order valence-corrected chi connectivity index (χ1v) is 15.9. The summed E-state index contributed by atoms with van der Waals surface area (Å²) in [5, 5.41) is 3.50. The number of nitrogens with zero attached hydrogens (tertiary/aromatic N) is 3. The average molecular weight is 659 g/mol. The topological polar surface area (TPSA) is 118 Å². The minimum absolute atomic E-state index is 0.00380. The van der Waals surface area contributed by atoms with Gasteiger partial charge in [-0.25, -0.2) is 12.7 Å². The Morgan fingerprint density at radius 3 is 2.22 bits per heavy atom. The highest BCUT2D eigenvalue weighted by Crippen LogP contribution is 2.52. The van der Waals surface area contributed by atoms with Gasteiger partial charge in [-0.05, 0) is 68.5 Å². The molecule has 1 N–H and O–H groups in total. The van der Waals surface area contributed by atoms with Gasteiger partial charge in [0.2, 0.25) is 5.91 Å². The first-order valence-electron chi connectivity index (χ1n) is 14.1. The Labute approximate surface area is 269 Å². The second-order valence-corrected chi connectivity index (χ2v) is 13.5. The van der Waals surface area contributed by atoms with Crippen LogP contribution in [0.3, 0.4) is 0 Å². The first kappa shape index (κ1) is 34.0. The number of nitrogens with one attached hydrogen (secondary N) is 1. The van der Waals surface area contributed by atoms with Crippen molar-refractivity contribution in [2.75, 3.05) is 60.4 Å². The van der Waals surface area contributed by atoms with Gasteiger partial charge in [-0.3, -0.25) is 9.59 Å². The minimum Gasteiger partial charge on any atom is -0.497 e. The molecule has 242 valence electrons. The van der Waals surface area contributed by atoms with Crippen molar-refractivity contribution in [3.05, 3.63) is 76.3 Å². The molecule has 0 aromatic heterocycles. The van der Waals surface area contributed by atoms with Gasteiger partial charge in [-0.1, -0.05) is 23.7 Å². The number of amides is 2. The third kappa shape index (κ3) is 6.19. The molecule has 1 unspecified atom stereocenters. The van der Waals surface area contributed by atoms with E-state index >= 15 is 4.79 Å². The molecule has 1 heterocycles. The Hall–Kier alpha value is -3.84. The highest BCUT2D eigenvalue weighted by molar-refractivity contribution is 7.93. The van der Waals surface area contributed by atoms with Gasteiger partial charge in [0.1, 0.15) is 27.6 Å². The molecule has 2 atom stereocenters. The van der Waals surface area contributed by atoms with Crippen molar-refractivity contribution in [3.63, 3.8) is 0 Å². The Kier molecular flexibility index (Phi) is 10.0. The number of likely N-dealkylation sites (N-methyl/N-ethyl adjacent to an activating group) is 1. The van der Waals surface area contributed by atoms with Gasteiger partial charge in [0.05, 0.1) is 33.1 Å². The van der Waals surface area contributed by atoms with Gasteiger partial charge in [-0.2, -0.15) is 0 Å². The van der Waals surface area contributed by atoms with Gasteiger partial charge in [0.15, 0.2) is 0 Å². The predicted molar refractivity (Wildman–Crippen MR) is 173 cm³/mol. The number of halogens is 1. The smallest absolute Gasteiger partial charge is 0.274 e. The number of carbonyl (C=O) groups is 2. The van der Waals surface area contributed by atoms with Crippen LogP contribution < -0.4 is 23.8 Å². The summed E-state index contributed by atoms with van der Waals surface area (Å²) in [5.74, 6) is -0.227. The Morgan fingerprint density at radius 2 is 1.62 bits per heavy atom. The number of anilines is 1. The van der Waals surface area contributed by atoms with Crippen LogP contribution in [0.4, 0.5) is 5.69 Å². The molecule has 3 aromatic carbocycles. The summed E-state index contributed by atoms with van der Waals surface area (Å²) in [6.45, 7) is 2.14. The molecule has 0 saturated heterocycles. The van der Waals surface area contributed by atoms with E-state index in [1.807, 2.05) is 31.1 Å². The van der Waals surface area contributed by atoms with E-state index in [1.54, 1.807) is 33.2 Å². The van der Waals surface area contributed by atoms with Crippen LogP contribution in [0.1, 0.15) is 23.6 Å². The number of ether oxygens (including phenoxy) is 3. The maximum absolute atomic E-state index is 15.0. The number of hydrogen-bond acceptors (Lipinski definition) is 9. The minimum atomic E-state index is -4.56. The van der Waals surface area contributed by atoms with Crippen LogP contribution in [-0.4, -0.2) is 92.1 Å². The van der Waals surface area contributed by atoms with E-state index in [0.29, 0.717) is 34.2 Å². The van der Waals surface area contributed by atoms with Crippen molar-refractivity contribution in [2.45, 2.75) is 29.8 Å². The Morgan fingerprint density at radius 1 is 0.933 bits per heavy atom. The number of benzene rings is 3. The lowest BCUT2D eigenvalue weighted by molar-refractivity contribution is -0.131. The number of fused-ring (bicyclic) bond motifs is 1. The molecule has 1 aliphatic rings. The van der Waals surface area contributed by atoms with Crippen molar-refractivity contribution in [1.29, 1.82) is 0 Å². The molecule has 0 radical (unpaired) electrons. The van der Waals surface area contributed by atoms with Gasteiger partial charge in [-0.15, -0.1) is 0 Å². The Bertz CT molecular complexity index is 1710. The van der Waals surface area contributed by atoms with Crippen LogP contribution in [0, 0.1) is 0 Å². The predicted octanol–water partition coefficient (Wildman–Crippen LogP) is 3.52.